The van der Waals surface area contributed by atoms with E-state index in [1.165, 1.54) is 11.3 Å². The largest absolute Gasteiger partial charge is 0.485 e. The number of hydrogen-bond acceptors (Lipinski definition) is 5. The van der Waals surface area contributed by atoms with Gasteiger partial charge in [-0.3, -0.25) is 0 Å². The van der Waals surface area contributed by atoms with Crippen LogP contribution in [0.3, 0.4) is 0 Å². The van der Waals surface area contributed by atoms with Crippen molar-refractivity contribution in [3.63, 3.8) is 0 Å². The first-order chi connectivity index (χ1) is 6.33. The maximum absolute atomic E-state index is 5.47. The molecule has 0 amide bonds. The molecule has 70 valence electrons. The monoisotopic (exact) mass is 198 g/mol. The second-order valence-corrected chi connectivity index (χ2v) is 3.55. The van der Waals surface area contributed by atoms with E-state index in [9.17, 15) is 0 Å². The molecule has 2 rings (SSSR count). The van der Waals surface area contributed by atoms with Crippen molar-refractivity contribution >= 4 is 17.0 Å². The van der Waals surface area contributed by atoms with E-state index in [4.69, 9.17) is 15.3 Å². The zero-order valence-electron chi connectivity index (χ0n) is 7.24. The summed E-state index contributed by atoms with van der Waals surface area (Å²) in [4.78, 5) is 0.956. The van der Waals surface area contributed by atoms with E-state index in [2.05, 4.69) is 5.10 Å². The van der Waals surface area contributed by atoms with Gasteiger partial charge in [-0.25, -0.2) is 0 Å². The lowest BCUT2D eigenvalue weighted by Gasteiger charge is -2.15. The Morgan fingerprint density at radius 2 is 2.31 bits per heavy atom. The average molecular weight is 198 g/mol. The van der Waals surface area contributed by atoms with E-state index < -0.39 is 0 Å². The molecule has 2 N–H and O–H groups in total. The highest BCUT2D eigenvalue weighted by molar-refractivity contribution is 7.12. The van der Waals surface area contributed by atoms with E-state index in [1.807, 2.05) is 12.3 Å². The van der Waals surface area contributed by atoms with Crippen LogP contribution in [0.5, 0.6) is 11.5 Å². The predicted octanol–water partition coefficient (Wildman–Crippen LogP) is 1.20. The lowest BCUT2D eigenvalue weighted by molar-refractivity contribution is 0.173. The van der Waals surface area contributed by atoms with Gasteiger partial charge in [-0.15, -0.1) is 11.3 Å². The van der Waals surface area contributed by atoms with Crippen LogP contribution in [0.15, 0.2) is 10.5 Å². The van der Waals surface area contributed by atoms with Gasteiger partial charge >= 0.3 is 0 Å². The summed E-state index contributed by atoms with van der Waals surface area (Å²) in [6.45, 7) is 3.06. The summed E-state index contributed by atoms with van der Waals surface area (Å²) >= 11 is 1.54. The van der Waals surface area contributed by atoms with E-state index in [0.29, 0.717) is 13.2 Å². The highest BCUT2D eigenvalue weighted by Crippen LogP contribution is 2.39. The minimum absolute atomic E-state index is 0.592. The molecule has 0 unspecified atom stereocenters. The topological polar surface area (TPSA) is 56.8 Å². The molecule has 5 heteroatoms. The molecule has 0 radical (unpaired) electrons. The Bertz CT molecular complexity index is 346. The van der Waals surface area contributed by atoms with Crippen LogP contribution in [0.2, 0.25) is 0 Å². The van der Waals surface area contributed by atoms with Crippen molar-refractivity contribution in [3.05, 3.63) is 10.3 Å². The van der Waals surface area contributed by atoms with Gasteiger partial charge in [-0.1, -0.05) is 0 Å². The Hall–Kier alpha value is -1.23. The Balaban J connectivity index is 2.42. The standard InChI is InChI=1S/C8H10N2O2S/c1-5(10-9)8-7-6(4-13-8)11-2-3-12-7/h4H,2-3,9H2,1H3/b10-5-. The molecule has 0 aromatic carbocycles. The Labute approximate surface area is 80.0 Å². The summed E-state index contributed by atoms with van der Waals surface area (Å²) in [5, 5.41) is 5.55. The molecular formula is C8H10N2O2S. The highest BCUT2D eigenvalue weighted by Gasteiger charge is 2.19. The minimum Gasteiger partial charge on any atom is -0.485 e. The van der Waals surface area contributed by atoms with Crippen LogP contribution < -0.4 is 15.3 Å². The van der Waals surface area contributed by atoms with Crippen LogP contribution in [-0.2, 0) is 0 Å². The number of nitrogens with zero attached hydrogens (tertiary/aromatic N) is 1. The van der Waals surface area contributed by atoms with Crippen molar-refractivity contribution in [3.8, 4) is 11.5 Å². The van der Waals surface area contributed by atoms with Gasteiger partial charge in [-0.2, -0.15) is 5.10 Å². The van der Waals surface area contributed by atoms with Crippen molar-refractivity contribution in [2.45, 2.75) is 6.92 Å². The number of nitrogens with two attached hydrogens (primary N) is 1. The second kappa shape index (κ2) is 3.26. The lowest BCUT2D eigenvalue weighted by Crippen LogP contribution is -2.15. The minimum atomic E-state index is 0.592. The summed E-state index contributed by atoms with van der Waals surface area (Å²) < 4.78 is 10.9. The Morgan fingerprint density at radius 1 is 1.54 bits per heavy atom. The molecule has 0 bridgehead atoms. The molecule has 0 aliphatic carbocycles. The molecule has 1 aliphatic rings. The van der Waals surface area contributed by atoms with Gasteiger partial charge < -0.3 is 15.3 Å². The van der Waals surface area contributed by atoms with Gasteiger partial charge in [0.15, 0.2) is 11.5 Å². The summed E-state index contributed by atoms with van der Waals surface area (Å²) in [6, 6.07) is 0. The lowest BCUT2D eigenvalue weighted by atomic mass is 10.3. The van der Waals surface area contributed by atoms with E-state index >= 15 is 0 Å². The van der Waals surface area contributed by atoms with Crippen molar-refractivity contribution in [1.29, 1.82) is 0 Å². The van der Waals surface area contributed by atoms with Crippen molar-refractivity contribution < 1.29 is 9.47 Å². The summed E-state index contributed by atoms with van der Waals surface area (Å²) in [5.74, 6) is 6.78. The molecule has 1 aliphatic heterocycles. The Morgan fingerprint density at radius 3 is 3.08 bits per heavy atom. The molecule has 1 aromatic heterocycles. The van der Waals surface area contributed by atoms with Crippen molar-refractivity contribution in [2.75, 3.05) is 13.2 Å². The zero-order valence-corrected chi connectivity index (χ0v) is 8.06. The SMILES string of the molecule is C/C(=N/N)c1scc2c1OCCO2. The van der Waals surface area contributed by atoms with E-state index in [1.54, 1.807) is 0 Å². The van der Waals surface area contributed by atoms with Gasteiger partial charge in [-0.05, 0) is 6.92 Å². The normalized spacial score (nSPS) is 15.9. The summed E-state index contributed by atoms with van der Waals surface area (Å²) in [7, 11) is 0. The van der Waals surface area contributed by atoms with Crippen molar-refractivity contribution in [1.82, 2.24) is 0 Å². The molecule has 2 heterocycles. The maximum atomic E-state index is 5.47. The number of rotatable bonds is 1. The smallest absolute Gasteiger partial charge is 0.181 e. The Kier molecular flexibility index (Phi) is 2.10. The van der Waals surface area contributed by atoms with Gasteiger partial charge in [0, 0.05) is 5.38 Å². The van der Waals surface area contributed by atoms with Gasteiger partial charge in [0.2, 0.25) is 0 Å². The first kappa shape index (κ1) is 8.37. The molecular weight excluding hydrogens is 188 g/mol. The molecule has 1 aromatic rings. The van der Waals surface area contributed by atoms with E-state index in [-0.39, 0.29) is 0 Å². The van der Waals surface area contributed by atoms with Gasteiger partial charge in [0.05, 0.1) is 10.6 Å². The molecule has 0 spiro atoms. The predicted molar refractivity (Wildman–Crippen MR) is 51.7 cm³/mol. The molecule has 0 atom stereocenters. The summed E-state index contributed by atoms with van der Waals surface area (Å²) in [5.41, 5.74) is 0.775. The van der Waals surface area contributed by atoms with Crippen LogP contribution in [-0.4, -0.2) is 18.9 Å². The van der Waals surface area contributed by atoms with Gasteiger partial charge in [0.1, 0.15) is 13.2 Å². The number of hydrazone groups is 1. The van der Waals surface area contributed by atoms with Crippen LogP contribution >= 0.6 is 11.3 Å². The fourth-order valence-corrected chi connectivity index (χ4v) is 2.06. The third kappa shape index (κ3) is 1.35. The molecule has 0 saturated heterocycles. The van der Waals surface area contributed by atoms with Crippen LogP contribution in [0, 0.1) is 0 Å². The fourth-order valence-electron chi connectivity index (χ4n) is 1.17. The first-order valence-electron chi connectivity index (χ1n) is 3.95. The number of thiophene rings is 1. The molecule has 0 saturated carbocycles. The second-order valence-electron chi connectivity index (χ2n) is 2.67. The van der Waals surface area contributed by atoms with Crippen LogP contribution in [0.25, 0.3) is 0 Å². The molecule has 13 heavy (non-hydrogen) atoms. The third-order valence-corrected chi connectivity index (χ3v) is 2.87. The van der Waals surface area contributed by atoms with Crippen LogP contribution in [0.4, 0.5) is 0 Å². The number of fused-ring (bicyclic) bond motifs is 1. The van der Waals surface area contributed by atoms with Gasteiger partial charge in [0.25, 0.3) is 0 Å². The average Bonchev–Trinajstić information content (AvgIpc) is 2.60. The summed E-state index contributed by atoms with van der Waals surface area (Å²) in [6.07, 6.45) is 0. The quantitative estimate of drug-likeness (QED) is 0.419. The maximum Gasteiger partial charge on any atom is 0.181 e. The zero-order chi connectivity index (χ0) is 9.26. The van der Waals surface area contributed by atoms with Crippen molar-refractivity contribution in [2.24, 2.45) is 10.9 Å². The fraction of sp³-hybridized carbons (Fsp3) is 0.375. The number of hydrogen-bond donors (Lipinski definition) is 1. The number of ether oxygens (including phenoxy) is 2. The third-order valence-electron chi connectivity index (χ3n) is 1.82. The first-order valence-corrected chi connectivity index (χ1v) is 4.83. The molecule has 0 fully saturated rings. The van der Waals surface area contributed by atoms with Crippen LogP contribution in [0.1, 0.15) is 11.8 Å². The molecule has 4 nitrogen and oxygen atoms in total. The highest BCUT2D eigenvalue weighted by atomic mass is 32.1. The van der Waals surface area contributed by atoms with E-state index in [0.717, 1.165) is 22.1 Å².